The molecule has 3 N–H and O–H groups in total. The van der Waals surface area contributed by atoms with E-state index in [1.165, 1.54) is 0 Å². The highest BCUT2D eigenvalue weighted by Gasteiger charge is 2.37. The molecule has 0 fully saturated rings. The van der Waals surface area contributed by atoms with Crippen molar-refractivity contribution in [2.45, 2.75) is 12.8 Å². The van der Waals surface area contributed by atoms with E-state index in [1.54, 1.807) is 20.3 Å². The van der Waals surface area contributed by atoms with Crippen LogP contribution in [0.5, 0.6) is 23.1 Å². The fourth-order valence-electron chi connectivity index (χ4n) is 3.75. The molecule has 0 spiro atoms. The van der Waals surface area contributed by atoms with E-state index in [9.17, 15) is 5.26 Å². The Balaban J connectivity index is 1.91. The summed E-state index contributed by atoms with van der Waals surface area (Å²) in [6.07, 6.45) is 0. The van der Waals surface area contributed by atoms with E-state index >= 15 is 0 Å². The lowest BCUT2D eigenvalue weighted by molar-refractivity contribution is 0.340. The van der Waals surface area contributed by atoms with Gasteiger partial charge in [0.15, 0.2) is 11.5 Å². The Hall–Kier alpha value is -3.64. The first-order valence-electron chi connectivity index (χ1n) is 9.82. The van der Waals surface area contributed by atoms with Gasteiger partial charge in [-0.05, 0) is 48.9 Å². The molecule has 1 atom stereocenters. The number of rotatable bonds is 6. The zero-order valence-corrected chi connectivity index (χ0v) is 19.3. The number of aromatic amines is 1. The molecule has 0 amide bonds. The average molecular weight is 497 g/mol. The second kappa shape index (κ2) is 8.85. The Morgan fingerprint density at radius 2 is 1.88 bits per heavy atom. The van der Waals surface area contributed by atoms with Crippen LogP contribution in [0, 0.1) is 11.3 Å². The highest BCUT2D eigenvalue weighted by atomic mass is 79.9. The summed E-state index contributed by atoms with van der Waals surface area (Å²) in [6, 6.07) is 13.4. The largest absolute Gasteiger partial charge is 0.494 e. The number of methoxy groups -OCH3 is 2. The maximum Gasteiger partial charge on any atom is 0.244 e. The molecule has 9 heteroatoms. The van der Waals surface area contributed by atoms with E-state index in [1.807, 2.05) is 37.3 Å². The molecule has 0 unspecified atom stereocenters. The number of allylic oxidation sites excluding steroid dienone is 1. The molecule has 0 bridgehead atoms. The molecule has 4 rings (SSSR count). The van der Waals surface area contributed by atoms with Gasteiger partial charge in [-0.1, -0.05) is 15.9 Å². The fraction of sp³-hybridized carbons (Fsp3) is 0.217. The third kappa shape index (κ3) is 3.63. The second-order valence-electron chi connectivity index (χ2n) is 6.93. The first-order valence-corrected chi connectivity index (χ1v) is 10.6. The van der Waals surface area contributed by atoms with Crippen LogP contribution in [0.3, 0.4) is 0 Å². The number of hydrogen-bond acceptors (Lipinski definition) is 7. The topological polar surface area (TPSA) is 115 Å². The number of nitriles is 1. The van der Waals surface area contributed by atoms with E-state index in [4.69, 9.17) is 24.7 Å². The summed E-state index contributed by atoms with van der Waals surface area (Å²) < 4.78 is 22.9. The third-order valence-corrected chi connectivity index (χ3v) is 5.89. The third-order valence-electron chi connectivity index (χ3n) is 5.21. The standard InChI is InChI=1S/C23H21BrN4O4/c1-4-31-13-7-5-12(6-8-13)21-20-19(15(11-25)22(26)32-23(20)28-27-21)14-9-17(29-2)18(30-3)10-16(14)24/h5-10,19H,4,26H2,1-3H3,(H,27,28)/t19-/m0/s1. The summed E-state index contributed by atoms with van der Waals surface area (Å²) in [4.78, 5) is 0. The molecule has 164 valence electrons. The van der Waals surface area contributed by atoms with Crippen LogP contribution in [0.2, 0.25) is 0 Å². The van der Waals surface area contributed by atoms with Crippen molar-refractivity contribution in [3.05, 3.63) is 63.5 Å². The van der Waals surface area contributed by atoms with Crippen LogP contribution < -0.4 is 24.7 Å². The smallest absolute Gasteiger partial charge is 0.244 e. The van der Waals surface area contributed by atoms with Crippen molar-refractivity contribution in [3.8, 4) is 40.5 Å². The minimum atomic E-state index is -0.543. The number of nitrogens with zero attached hydrogens (tertiary/aromatic N) is 2. The average Bonchev–Trinajstić information content (AvgIpc) is 3.22. The minimum Gasteiger partial charge on any atom is -0.494 e. The Labute approximate surface area is 193 Å². The van der Waals surface area contributed by atoms with E-state index < -0.39 is 5.92 Å². The summed E-state index contributed by atoms with van der Waals surface area (Å²) in [6.45, 7) is 2.51. The molecule has 0 saturated heterocycles. The molecule has 2 heterocycles. The predicted molar refractivity (Wildman–Crippen MR) is 122 cm³/mol. The van der Waals surface area contributed by atoms with Crippen LogP contribution >= 0.6 is 15.9 Å². The van der Waals surface area contributed by atoms with Gasteiger partial charge in [0.05, 0.1) is 38.0 Å². The lowest BCUT2D eigenvalue weighted by atomic mass is 9.83. The molecular formula is C23H21BrN4O4. The van der Waals surface area contributed by atoms with Gasteiger partial charge in [0.2, 0.25) is 11.8 Å². The molecule has 1 aliphatic rings. The first kappa shape index (κ1) is 21.6. The molecule has 0 saturated carbocycles. The number of halogens is 1. The van der Waals surface area contributed by atoms with Crippen molar-refractivity contribution in [3.63, 3.8) is 0 Å². The van der Waals surface area contributed by atoms with Gasteiger partial charge in [0.1, 0.15) is 17.4 Å². The highest BCUT2D eigenvalue weighted by Crippen LogP contribution is 2.49. The maximum absolute atomic E-state index is 9.95. The number of fused-ring (bicyclic) bond motifs is 1. The van der Waals surface area contributed by atoms with Crippen molar-refractivity contribution in [1.29, 1.82) is 5.26 Å². The van der Waals surface area contributed by atoms with Gasteiger partial charge in [0, 0.05) is 10.0 Å². The Morgan fingerprint density at radius 1 is 1.19 bits per heavy atom. The zero-order valence-electron chi connectivity index (χ0n) is 17.7. The second-order valence-corrected chi connectivity index (χ2v) is 7.78. The number of hydrogen-bond donors (Lipinski definition) is 2. The molecule has 2 aromatic carbocycles. The molecule has 0 aliphatic carbocycles. The normalized spacial score (nSPS) is 14.9. The van der Waals surface area contributed by atoms with Gasteiger partial charge in [-0.15, -0.1) is 5.10 Å². The Morgan fingerprint density at radius 3 is 2.50 bits per heavy atom. The molecular weight excluding hydrogens is 476 g/mol. The molecule has 3 aromatic rings. The summed E-state index contributed by atoms with van der Waals surface area (Å²) >= 11 is 3.61. The maximum atomic E-state index is 9.95. The summed E-state index contributed by atoms with van der Waals surface area (Å²) in [7, 11) is 3.12. The Bertz CT molecular complexity index is 1230. The number of H-pyrrole nitrogens is 1. The van der Waals surface area contributed by atoms with Crippen LogP contribution in [-0.2, 0) is 0 Å². The van der Waals surface area contributed by atoms with Crippen molar-refractivity contribution in [1.82, 2.24) is 10.2 Å². The van der Waals surface area contributed by atoms with Gasteiger partial charge in [-0.25, -0.2) is 0 Å². The van der Waals surface area contributed by atoms with E-state index in [-0.39, 0.29) is 11.5 Å². The lowest BCUT2D eigenvalue weighted by Crippen LogP contribution is -2.21. The monoisotopic (exact) mass is 496 g/mol. The molecule has 1 aromatic heterocycles. The van der Waals surface area contributed by atoms with Crippen LogP contribution in [0.25, 0.3) is 11.3 Å². The van der Waals surface area contributed by atoms with Gasteiger partial charge in [-0.2, -0.15) is 5.26 Å². The number of benzene rings is 2. The molecule has 1 aliphatic heterocycles. The summed E-state index contributed by atoms with van der Waals surface area (Å²) in [5.41, 5.74) is 9.43. The van der Waals surface area contributed by atoms with Crippen LogP contribution in [0.4, 0.5) is 0 Å². The molecule has 32 heavy (non-hydrogen) atoms. The minimum absolute atomic E-state index is 0.0106. The highest BCUT2D eigenvalue weighted by molar-refractivity contribution is 9.10. The molecule has 8 nitrogen and oxygen atoms in total. The fourth-order valence-corrected chi connectivity index (χ4v) is 4.30. The van der Waals surface area contributed by atoms with Gasteiger partial charge in [-0.3, -0.25) is 5.10 Å². The zero-order chi connectivity index (χ0) is 22.8. The van der Waals surface area contributed by atoms with Crippen LogP contribution in [0.1, 0.15) is 24.0 Å². The van der Waals surface area contributed by atoms with Crippen molar-refractivity contribution >= 4 is 15.9 Å². The predicted octanol–water partition coefficient (Wildman–Crippen LogP) is 4.47. The van der Waals surface area contributed by atoms with Crippen LogP contribution in [-0.4, -0.2) is 31.0 Å². The number of ether oxygens (including phenoxy) is 4. The van der Waals surface area contributed by atoms with Gasteiger partial charge in [0.25, 0.3) is 0 Å². The number of nitrogens with two attached hydrogens (primary N) is 1. The SMILES string of the molecule is CCOc1ccc(-c2[nH]nc3c2[C@@H](c2cc(OC)c(OC)cc2Br)C(C#N)=C(N)O3)cc1. The van der Waals surface area contributed by atoms with Crippen molar-refractivity contribution in [2.24, 2.45) is 5.73 Å². The van der Waals surface area contributed by atoms with E-state index in [0.717, 1.165) is 27.0 Å². The van der Waals surface area contributed by atoms with Crippen molar-refractivity contribution < 1.29 is 18.9 Å². The van der Waals surface area contributed by atoms with E-state index in [0.29, 0.717) is 29.5 Å². The summed E-state index contributed by atoms with van der Waals surface area (Å²) in [5.74, 6) is 1.64. The number of nitrogens with one attached hydrogen (secondary N) is 1. The first-order chi connectivity index (χ1) is 15.5. The lowest BCUT2D eigenvalue weighted by Gasteiger charge is -2.25. The summed E-state index contributed by atoms with van der Waals surface area (Å²) in [5, 5.41) is 17.3. The molecule has 0 radical (unpaired) electrons. The van der Waals surface area contributed by atoms with Crippen molar-refractivity contribution in [2.75, 3.05) is 20.8 Å². The van der Waals surface area contributed by atoms with Crippen LogP contribution in [0.15, 0.2) is 52.3 Å². The Kier molecular flexibility index (Phi) is 5.97. The van der Waals surface area contributed by atoms with E-state index in [2.05, 4.69) is 32.2 Å². The number of aromatic nitrogens is 2. The van der Waals surface area contributed by atoms with Gasteiger partial charge >= 0.3 is 0 Å². The van der Waals surface area contributed by atoms with Gasteiger partial charge < -0.3 is 24.7 Å². The quantitative estimate of drug-likeness (QED) is 0.516.